The van der Waals surface area contributed by atoms with Crippen molar-refractivity contribution in [3.05, 3.63) is 0 Å². The van der Waals surface area contributed by atoms with Crippen molar-refractivity contribution >= 4 is 5.97 Å². The molecule has 0 amide bonds. The lowest BCUT2D eigenvalue weighted by Crippen LogP contribution is -2.35. The molecular formula is C15H31NO3. The van der Waals surface area contributed by atoms with Crippen LogP contribution >= 0.6 is 0 Å². The monoisotopic (exact) mass is 273 g/mol. The highest BCUT2D eigenvalue weighted by Gasteiger charge is 2.20. The summed E-state index contributed by atoms with van der Waals surface area (Å²) in [5.74, 6) is 0.0321. The van der Waals surface area contributed by atoms with E-state index in [1.165, 1.54) is 0 Å². The molecule has 0 spiro atoms. The molecule has 1 atom stereocenters. The first-order valence-corrected chi connectivity index (χ1v) is 7.32. The molecule has 1 N–H and O–H groups in total. The van der Waals surface area contributed by atoms with Crippen molar-refractivity contribution in [2.24, 2.45) is 17.8 Å². The number of carboxylic acids is 1. The van der Waals surface area contributed by atoms with Crippen LogP contribution in [0.15, 0.2) is 0 Å². The zero-order valence-electron chi connectivity index (χ0n) is 13.2. The molecule has 0 radical (unpaired) electrons. The Morgan fingerprint density at radius 1 is 1.16 bits per heavy atom. The largest absolute Gasteiger partial charge is 0.481 e. The van der Waals surface area contributed by atoms with E-state index in [0.29, 0.717) is 31.6 Å². The number of hydrogen-bond acceptors (Lipinski definition) is 3. The molecule has 114 valence electrons. The number of carbonyl (C=O) groups is 1. The molecule has 0 aromatic rings. The molecule has 0 aliphatic carbocycles. The molecule has 1 unspecified atom stereocenters. The van der Waals surface area contributed by atoms with Gasteiger partial charge in [0.15, 0.2) is 0 Å². The lowest BCUT2D eigenvalue weighted by Gasteiger charge is -2.23. The van der Waals surface area contributed by atoms with E-state index in [9.17, 15) is 9.90 Å². The maximum Gasteiger partial charge on any atom is 0.310 e. The fourth-order valence-corrected chi connectivity index (χ4v) is 2.10. The second-order valence-corrected chi connectivity index (χ2v) is 6.26. The topological polar surface area (TPSA) is 49.8 Å². The molecule has 0 aliphatic heterocycles. The smallest absolute Gasteiger partial charge is 0.310 e. The van der Waals surface area contributed by atoms with E-state index >= 15 is 0 Å². The van der Waals surface area contributed by atoms with E-state index in [2.05, 4.69) is 32.6 Å². The zero-order valence-corrected chi connectivity index (χ0v) is 13.2. The third kappa shape index (κ3) is 11.0. The molecule has 0 bridgehead atoms. The number of carboxylic acid groups (broad SMARTS) is 1. The zero-order chi connectivity index (χ0) is 14.8. The summed E-state index contributed by atoms with van der Waals surface area (Å²) >= 11 is 0. The lowest BCUT2D eigenvalue weighted by atomic mass is 10.1. The van der Waals surface area contributed by atoms with Crippen molar-refractivity contribution in [2.45, 2.75) is 40.5 Å². The van der Waals surface area contributed by atoms with Gasteiger partial charge in [0.1, 0.15) is 0 Å². The molecule has 0 heterocycles. The van der Waals surface area contributed by atoms with E-state index in [-0.39, 0.29) is 0 Å². The number of aliphatic carboxylic acids is 1. The summed E-state index contributed by atoms with van der Waals surface area (Å²) in [5, 5.41) is 9.19. The average molecular weight is 273 g/mol. The van der Waals surface area contributed by atoms with Crippen LogP contribution in [0.2, 0.25) is 0 Å². The fraction of sp³-hybridized carbons (Fsp3) is 0.933. The minimum Gasteiger partial charge on any atom is -0.481 e. The van der Waals surface area contributed by atoms with Gasteiger partial charge >= 0.3 is 5.97 Å². The predicted octanol–water partition coefficient (Wildman–Crippen LogP) is 2.73. The van der Waals surface area contributed by atoms with E-state index in [0.717, 1.165) is 19.4 Å². The van der Waals surface area contributed by atoms with Crippen LogP contribution in [0.4, 0.5) is 0 Å². The standard InChI is InChI=1S/C15H31NO3/c1-12(2)7-6-8-19-11-14(15(17)18)10-16(5)9-13(3)4/h12-14H,6-11H2,1-5H3,(H,17,18). The lowest BCUT2D eigenvalue weighted by molar-refractivity contribution is -0.144. The van der Waals surface area contributed by atoms with E-state index < -0.39 is 11.9 Å². The predicted molar refractivity (Wildman–Crippen MR) is 78.4 cm³/mol. The fourth-order valence-electron chi connectivity index (χ4n) is 2.10. The van der Waals surface area contributed by atoms with Crippen LogP contribution < -0.4 is 0 Å². The summed E-state index contributed by atoms with van der Waals surface area (Å²) in [6.07, 6.45) is 2.14. The maximum absolute atomic E-state index is 11.2. The third-order valence-corrected chi connectivity index (χ3v) is 2.95. The molecule has 0 aliphatic rings. The number of rotatable bonds is 11. The van der Waals surface area contributed by atoms with Gasteiger partial charge in [-0.3, -0.25) is 4.79 Å². The molecule has 0 saturated heterocycles. The van der Waals surface area contributed by atoms with Crippen molar-refractivity contribution < 1.29 is 14.6 Å². The summed E-state index contributed by atoms with van der Waals surface area (Å²) in [7, 11) is 1.97. The highest BCUT2D eigenvalue weighted by atomic mass is 16.5. The van der Waals surface area contributed by atoms with Gasteiger partial charge in [-0.2, -0.15) is 0 Å². The van der Waals surface area contributed by atoms with Crippen LogP contribution in [0, 0.1) is 17.8 Å². The summed E-state index contributed by atoms with van der Waals surface area (Å²) in [4.78, 5) is 13.3. The Morgan fingerprint density at radius 2 is 1.79 bits per heavy atom. The molecule has 19 heavy (non-hydrogen) atoms. The Bertz CT molecular complexity index is 242. The number of nitrogens with zero attached hydrogens (tertiary/aromatic N) is 1. The van der Waals surface area contributed by atoms with Crippen molar-refractivity contribution in [3.63, 3.8) is 0 Å². The van der Waals surface area contributed by atoms with Gasteiger partial charge in [0.2, 0.25) is 0 Å². The van der Waals surface area contributed by atoms with Crippen LogP contribution in [0.5, 0.6) is 0 Å². The van der Waals surface area contributed by atoms with E-state index in [1.54, 1.807) is 0 Å². The summed E-state index contributed by atoms with van der Waals surface area (Å²) < 4.78 is 5.51. The van der Waals surface area contributed by atoms with Gasteiger partial charge in [0.05, 0.1) is 12.5 Å². The first-order valence-electron chi connectivity index (χ1n) is 7.32. The molecule has 0 aromatic heterocycles. The first-order chi connectivity index (χ1) is 8.82. The highest BCUT2D eigenvalue weighted by Crippen LogP contribution is 2.06. The third-order valence-electron chi connectivity index (χ3n) is 2.95. The SMILES string of the molecule is CC(C)CCCOCC(CN(C)CC(C)C)C(=O)O. The summed E-state index contributed by atoms with van der Waals surface area (Å²) in [5.41, 5.74) is 0. The second-order valence-electron chi connectivity index (χ2n) is 6.26. The van der Waals surface area contributed by atoms with Crippen LogP contribution in [0.1, 0.15) is 40.5 Å². The Labute approximate surface area is 118 Å². The summed E-state index contributed by atoms with van der Waals surface area (Å²) in [6.45, 7) is 11.1. The van der Waals surface area contributed by atoms with Crippen molar-refractivity contribution in [2.75, 3.05) is 33.4 Å². The molecule has 4 nitrogen and oxygen atoms in total. The average Bonchev–Trinajstić information content (AvgIpc) is 2.25. The number of ether oxygens (including phenoxy) is 1. The van der Waals surface area contributed by atoms with Gasteiger partial charge in [0.25, 0.3) is 0 Å². The Morgan fingerprint density at radius 3 is 2.26 bits per heavy atom. The van der Waals surface area contributed by atoms with Gasteiger partial charge in [-0.1, -0.05) is 27.7 Å². The minimum atomic E-state index is -0.764. The molecule has 4 heteroatoms. The molecule has 0 aromatic carbocycles. The van der Waals surface area contributed by atoms with Gasteiger partial charge in [0, 0.05) is 19.7 Å². The van der Waals surface area contributed by atoms with Gasteiger partial charge in [-0.05, 0) is 31.7 Å². The van der Waals surface area contributed by atoms with Crippen LogP contribution in [0.3, 0.4) is 0 Å². The van der Waals surface area contributed by atoms with Crippen molar-refractivity contribution in [1.82, 2.24) is 4.90 Å². The minimum absolute atomic E-state index is 0.315. The van der Waals surface area contributed by atoms with Crippen LogP contribution in [-0.4, -0.2) is 49.3 Å². The molecular weight excluding hydrogens is 242 g/mol. The Balaban J connectivity index is 3.89. The normalized spacial score (nSPS) is 13.5. The Kier molecular flexibility index (Phi) is 9.88. The van der Waals surface area contributed by atoms with Crippen LogP contribution in [-0.2, 0) is 9.53 Å². The van der Waals surface area contributed by atoms with E-state index in [4.69, 9.17) is 4.74 Å². The molecule has 0 rings (SSSR count). The quantitative estimate of drug-likeness (QED) is 0.588. The van der Waals surface area contributed by atoms with Crippen LogP contribution in [0.25, 0.3) is 0 Å². The van der Waals surface area contributed by atoms with Crippen molar-refractivity contribution in [3.8, 4) is 0 Å². The van der Waals surface area contributed by atoms with Crippen molar-refractivity contribution in [1.29, 1.82) is 0 Å². The van der Waals surface area contributed by atoms with Gasteiger partial charge in [-0.15, -0.1) is 0 Å². The molecule has 0 saturated carbocycles. The summed E-state index contributed by atoms with van der Waals surface area (Å²) in [6, 6.07) is 0. The molecule has 0 fully saturated rings. The maximum atomic E-state index is 11.2. The van der Waals surface area contributed by atoms with Gasteiger partial charge in [-0.25, -0.2) is 0 Å². The Hall–Kier alpha value is -0.610. The van der Waals surface area contributed by atoms with Gasteiger partial charge < -0.3 is 14.7 Å². The highest BCUT2D eigenvalue weighted by molar-refractivity contribution is 5.70. The second kappa shape index (κ2) is 10.2. The van der Waals surface area contributed by atoms with E-state index in [1.807, 2.05) is 7.05 Å². The number of hydrogen-bond donors (Lipinski definition) is 1. The first kappa shape index (κ1) is 18.4.